The molecule has 1 aliphatic heterocycles. The summed E-state index contributed by atoms with van der Waals surface area (Å²) in [5.41, 5.74) is 1.46. The van der Waals surface area contributed by atoms with E-state index in [1.165, 1.54) is 24.3 Å². The Hall–Kier alpha value is -2.21. The first kappa shape index (κ1) is 20.1. The third-order valence-corrected chi connectivity index (χ3v) is 4.52. The number of benzene rings is 1. The van der Waals surface area contributed by atoms with Gasteiger partial charge in [-0.05, 0) is 44.5 Å². The molecular weight excluding hydrogens is 333 g/mol. The highest BCUT2D eigenvalue weighted by atomic mass is 19.1. The van der Waals surface area contributed by atoms with E-state index in [9.17, 15) is 14.0 Å². The summed E-state index contributed by atoms with van der Waals surface area (Å²) >= 11 is 0. The van der Waals surface area contributed by atoms with Crippen LogP contribution in [0.4, 0.5) is 4.39 Å². The Labute approximate surface area is 155 Å². The molecule has 0 atom stereocenters. The van der Waals surface area contributed by atoms with Crippen molar-refractivity contribution >= 4 is 11.8 Å². The van der Waals surface area contributed by atoms with Gasteiger partial charge in [-0.3, -0.25) is 14.5 Å². The Kier molecular flexibility index (Phi) is 7.33. The van der Waals surface area contributed by atoms with Crippen LogP contribution < -0.4 is 0 Å². The van der Waals surface area contributed by atoms with Gasteiger partial charge in [0.1, 0.15) is 5.82 Å². The van der Waals surface area contributed by atoms with Crippen molar-refractivity contribution in [2.24, 2.45) is 0 Å². The highest BCUT2D eigenvalue weighted by Gasteiger charge is 2.22. The van der Waals surface area contributed by atoms with Gasteiger partial charge in [-0.1, -0.05) is 12.2 Å². The predicted octanol–water partition coefficient (Wildman–Crippen LogP) is 2.40. The lowest BCUT2D eigenvalue weighted by Crippen LogP contribution is -2.42. The van der Waals surface area contributed by atoms with Gasteiger partial charge in [0.2, 0.25) is 5.91 Å². The van der Waals surface area contributed by atoms with E-state index in [0.717, 1.165) is 18.5 Å². The molecule has 142 valence electrons. The van der Waals surface area contributed by atoms with Gasteiger partial charge in [0, 0.05) is 44.8 Å². The number of amides is 2. The number of hydrogen-bond donors (Lipinski definition) is 0. The molecule has 0 saturated carbocycles. The third-order valence-electron chi connectivity index (χ3n) is 4.52. The van der Waals surface area contributed by atoms with E-state index in [2.05, 4.69) is 11.5 Å². The molecule has 0 N–H and O–H groups in total. The van der Waals surface area contributed by atoms with Crippen LogP contribution in [0.5, 0.6) is 0 Å². The van der Waals surface area contributed by atoms with Crippen molar-refractivity contribution in [2.45, 2.75) is 20.3 Å². The minimum atomic E-state index is -0.350. The van der Waals surface area contributed by atoms with Gasteiger partial charge in [0.15, 0.2) is 0 Å². The second kappa shape index (κ2) is 9.48. The predicted molar refractivity (Wildman–Crippen MR) is 100 cm³/mol. The van der Waals surface area contributed by atoms with Gasteiger partial charge < -0.3 is 9.80 Å². The third kappa shape index (κ3) is 5.66. The maximum atomic E-state index is 13.0. The Bertz CT molecular complexity index is 645. The summed E-state index contributed by atoms with van der Waals surface area (Å²) in [6.45, 7) is 12.0. The van der Waals surface area contributed by atoms with Crippen molar-refractivity contribution in [1.29, 1.82) is 0 Å². The Morgan fingerprint density at radius 2 is 1.85 bits per heavy atom. The number of nitrogens with zero attached hydrogens (tertiary/aromatic N) is 3. The fourth-order valence-corrected chi connectivity index (χ4v) is 3.10. The van der Waals surface area contributed by atoms with Crippen LogP contribution in [0.25, 0.3) is 0 Å². The smallest absolute Gasteiger partial charge is 0.253 e. The molecular formula is C20H28FN3O2. The van der Waals surface area contributed by atoms with Gasteiger partial charge in [-0.15, -0.1) is 0 Å². The average Bonchev–Trinajstić information content (AvgIpc) is 2.85. The molecule has 1 fully saturated rings. The maximum Gasteiger partial charge on any atom is 0.253 e. The van der Waals surface area contributed by atoms with Gasteiger partial charge in [0.25, 0.3) is 5.91 Å². The van der Waals surface area contributed by atoms with Crippen LogP contribution in [0, 0.1) is 5.82 Å². The zero-order valence-corrected chi connectivity index (χ0v) is 15.7. The second-order valence-electron chi connectivity index (χ2n) is 6.79. The maximum absolute atomic E-state index is 13.0. The fraction of sp³-hybridized carbons (Fsp3) is 0.500. The molecule has 0 unspecified atom stereocenters. The highest BCUT2D eigenvalue weighted by Crippen LogP contribution is 2.11. The minimum Gasteiger partial charge on any atom is -0.338 e. The Morgan fingerprint density at radius 1 is 1.15 bits per heavy atom. The largest absolute Gasteiger partial charge is 0.338 e. The lowest BCUT2D eigenvalue weighted by atomic mass is 10.2. The second-order valence-corrected chi connectivity index (χ2v) is 6.79. The molecule has 1 saturated heterocycles. The topological polar surface area (TPSA) is 43.9 Å². The highest BCUT2D eigenvalue weighted by molar-refractivity contribution is 5.94. The molecule has 6 heteroatoms. The van der Waals surface area contributed by atoms with Crippen LogP contribution in [0.1, 0.15) is 30.6 Å². The number of carbonyl (C=O) groups is 2. The van der Waals surface area contributed by atoms with Gasteiger partial charge in [-0.25, -0.2) is 4.39 Å². The van der Waals surface area contributed by atoms with Gasteiger partial charge in [0.05, 0.1) is 6.54 Å². The molecule has 26 heavy (non-hydrogen) atoms. The number of likely N-dealkylation sites (N-methyl/N-ethyl adjacent to an activating group) is 1. The fourth-order valence-electron chi connectivity index (χ4n) is 3.10. The van der Waals surface area contributed by atoms with Crippen LogP contribution in [0.3, 0.4) is 0 Å². The molecule has 1 aromatic rings. The number of hydrogen-bond acceptors (Lipinski definition) is 3. The molecule has 0 bridgehead atoms. The van der Waals surface area contributed by atoms with Crippen molar-refractivity contribution in [2.75, 3.05) is 45.8 Å². The minimum absolute atomic E-state index is 0.0874. The lowest BCUT2D eigenvalue weighted by Gasteiger charge is -2.26. The normalized spacial score (nSPS) is 15.4. The molecule has 0 spiro atoms. The van der Waals surface area contributed by atoms with Crippen LogP contribution in [-0.2, 0) is 4.79 Å². The van der Waals surface area contributed by atoms with E-state index in [4.69, 9.17) is 0 Å². The van der Waals surface area contributed by atoms with E-state index in [1.54, 1.807) is 9.80 Å². The van der Waals surface area contributed by atoms with Crippen molar-refractivity contribution in [3.05, 3.63) is 47.8 Å². The molecule has 2 rings (SSSR count). The van der Waals surface area contributed by atoms with Crippen LogP contribution >= 0.6 is 0 Å². The summed E-state index contributed by atoms with van der Waals surface area (Å²) in [6.07, 6.45) is 0.812. The first-order valence-corrected chi connectivity index (χ1v) is 9.10. The molecule has 1 aromatic carbocycles. The van der Waals surface area contributed by atoms with Crippen molar-refractivity contribution in [3.8, 4) is 0 Å². The van der Waals surface area contributed by atoms with Crippen LogP contribution in [-0.4, -0.2) is 72.3 Å². The molecule has 1 aliphatic rings. The summed E-state index contributed by atoms with van der Waals surface area (Å²) in [7, 11) is 0. The zero-order chi connectivity index (χ0) is 19.1. The van der Waals surface area contributed by atoms with Crippen molar-refractivity contribution < 1.29 is 14.0 Å². The molecule has 5 nitrogen and oxygen atoms in total. The average molecular weight is 361 g/mol. The summed E-state index contributed by atoms with van der Waals surface area (Å²) in [5.74, 6) is -0.346. The summed E-state index contributed by atoms with van der Waals surface area (Å²) in [6, 6.07) is 5.63. The molecule has 0 aliphatic carbocycles. The van der Waals surface area contributed by atoms with Crippen LogP contribution in [0.2, 0.25) is 0 Å². The van der Waals surface area contributed by atoms with E-state index in [0.29, 0.717) is 44.8 Å². The molecule has 2 amide bonds. The monoisotopic (exact) mass is 361 g/mol. The first-order chi connectivity index (χ1) is 12.4. The quantitative estimate of drug-likeness (QED) is 0.731. The van der Waals surface area contributed by atoms with Crippen molar-refractivity contribution in [3.63, 3.8) is 0 Å². The molecule has 0 radical (unpaired) electrons. The van der Waals surface area contributed by atoms with Gasteiger partial charge in [-0.2, -0.15) is 0 Å². The lowest BCUT2D eigenvalue weighted by molar-refractivity contribution is -0.131. The number of carbonyl (C=O) groups excluding carboxylic acids is 2. The van der Waals surface area contributed by atoms with Gasteiger partial charge >= 0.3 is 0 Å². The number of halogens is 1. The Balaban J connectivity index is 1.91. The standard InChI is InChI=1S/C20H28FN3O2/c1-4-23(14-16(2)3)19(25)15-22-10-5-11-24(13-12-22)20(26)17-6-8-18(21)9-7-17/h6-9H,2,4-5,10-15H2,1,3H3. The SMILES string of the molecule is C=C(C)CN(CC)C(=O)CN1CCCN(C(=O)c2ccc(F)cc2)CC1. The summed E-state index contributed by atoms with van der Waals surface area (Å²) < 4.78 is 13.0. The van der Waals surface area contributed by atoms with E-state index in [-0.39, 0.29) is 17.6 Å². The summed E-state index contributed by atoms with van der Waals surface area (Å²) in [5, 5.41) is 0. The van der Waals surface area contributed by atoms with E-state index < -0.39 is 0 Å². The zero-order valence-electron chi connectivity index (χ0n) is 15.7. The number of rotatable bonds is 6. The molecule has 1 heterocycles. The Morgan fingerprint density at radius 3 is 2.46 bits per heavy atom. The van der Waals surface area contributed by atoms with E-state index in [1.807, 2.05) is 13.8 Å². The first-order valence-electron chi connectivity index (χ1n) is 9.10. The summed E-state index contributed by atoms with van der Waals surface area (Å²) in [4.78, 5) is 30.7. The van der Waals surface area contributed by atoms with Crippen molar-refractivity contribution in [1.82, 2.24) is 14.7 Å². The molecule has 0 aromatic heterocycles. The van der Waals surface area contributed by atoms with Crippen LogP contribution in [0.15, 0.2) is 36.4 Å². The van der Waals surface area contributed by atoms with E-state index >= 15 is 0 Å².